The molecule has 3 rings (SSSR count). The highest BCUT2D eigenvalue weighted by Crippen LogP contribution is 2.38. The number of hydrogen-bond acceptors (Lipinski definition) is 3. The fourth-order valence-corrected chi connectivity index (χ4v) is 5.30. The zero-order valence-corrected chi connectivity index (χ0v) is 12.9. The highest BCUT2D eigenvalue weighted by atomic mass is 32.2. The van der Waals surface area contributed by atoms with Crippen LogP contribution in [-0.4, -0.2) is 36.2 Å². The Kier molecular flexibility index (Phi) is 4.22. The third kappa shape index (κ3) is 3.02. The number of rotatable bonds is 4. The molecule has 1 saturated heterocycles. The van der Waals surface area contributed by atoms with E-state index < -0.39 is 33.8 Å². The van der Waals surface area contributed by atoms with Crippen molar-refractivity contribution in [1.29, 1.82) is 0 Å². The maximum atomic E-state index is 14.0. The van der Waals surface area contributed by atoms with Gasteiger partial charge in [-0.2, -0.15) is 4.31 Å². The molecule has 2 aliphatic rings. The van der Waals surface area contributed by atoms with Crippen molar-refractivity contribution in [2.45, 2.75) is 37.8 Å². The second-order valence-electron chi connectivity index (χ2n) is 6.22. The maximum Gasteiger partial charge on any atom is 0.215 e. The van der Waals surface area contributed by atoms with Gasteiger partial charge in [0.25, 0.3) is 0 Å². The van der Waals surface area contributed by atoms with Crippen LogP contribution in [0.15, 0.2) is 18.2 Å². The third-order valence-corrected chi connectivity index (χ3v) is 6.59. The molecule has 0 spiro atoms. The molecule has 22 heavy (non-hydrogen) atoms. The summed E-state index contributed by atoms with van der Waals surface area (Å²) in [6, 6.07) is 2.17. The molecule has 1 aliphatic heterocycles. The molecule has 2 atom stereocenters. The molecule has 2 unspecified atom stereocenters. The average Bonchev–Trinajstić information content (AvgIpc) is 2.80. The molecule has 4 nitrogen and oxygen atoms in total. The number of hydrogen-bond donors (Lipinski definition) is 1. The van der Waals surface area contributed by atoms with Gasteiger partial charge >= 0.3 is 0 Å². The zero-order chi connectivity index (χ0) is 15.9. The summed E-state index contributed by atoms with van der Waals surface area (Å²) in [5.74, 6) is -1.10. The topological polar surface area (TPSA) is 57.6 Å². The van der Waals surface area contributed by atoms with Gasteiger partial charge < -0.3 is 5.11 Å². The summed E-state index contributed by atoms with van der Waals surface area (Å²) in [7, 11) is -3.60. The quantitative estimate of drug-likeness (QED) is 0.920. The largest absolute Gasteiger partial charge is 0.392 e. The fourth-order valence-electron chi connectivity index (χ4n) is 3.20. The van der Waals surface area contributed by atoms with Crippen LogP contribution < -0.4 is 0 Å². The van der Waals surface area contributed by atoms with Crippen molar-refractivity contribution in [2.75, 3.05) is 12.3 Å². The highest BCUT2D eigenvalue weighted by Gasteiger charge is 2.42. The molecule has 7 heteroatoms. The van der Waals surface area contributed by atoms with E-state index in [0.29, 0.717) is 0 Å². The number of sulfonamides is 1. The molecule has 0 aromatic heterocycles. The molecule has 0 amide bonds. The number of benzene rings is 1. The smallest absolute Gasteiger partial charge is 0.215 e. The van der Waals surface area contributed by atoms with Gasteiger partial charge in [0, 0.05) is 12.1 Å². The van der Waals surface area contributed by atoms with Crippen LogP contribution in [0, 0.1) is 17.6 Å². The van der Waals surface area contributed by atoms with Crippen molar-refractivity contribution in [3.05, 3.63) is 35.4 Å². The van der Waals surface area contributed by atoms with Gasteiger partial charge in [-0.15, -0.1) is 0 Å². The van der Waals surface area contributed by atoms with E-state index in [1.807, 2.05) is 0 Å². The summed E-state index contributed by atoms with van der Waals surface area (Å²) >= 11 is 0. The first-order chi connectivity index (χ1) is 10.4. The van der Waals surface area contributed by atoms with E-state index in [4.69, 9.17) is 0 Å². The Labute approximate surface area is 128 Å². The van der Waals surface area contributed by atoms with E-state index in [9.17, 15) is 22.3 Å². The van der Waals surface area contributed by atoms with Crippen LogP contribution in [0.4, 0.5) is 8.78 Å². The maximum absolute atomic E-state index is 14.0. The lowest BCUT2D eigenvalue weighted by Gasteiger charge is -2.30. The van der Waals surface area contributed by atoms with Crippen LogP contribution in [0.1, 0.15) is 37.3 Å². The predicted molar refractivity (Wildman–Crippen MR) is 77.6 cm³/mol. The van der Waals surface area contributed by atoms with Gasteiger partial charge in [0.1, 0.15) is 11.6 Å². The Morgan fingerprint density at radius 1 is 1.27 bits per heavy atom. The van der Waals surface area contributed by atoms with E-state index in [1.54, 1.807) is 0 Å². The molecular formula is C15H19F2NO3S. The van der Waals surface area contributed by atoms with E-state index in [2.05, 4.69) is 0 Å². The summed E-state index contributed by atoms with van der Waals surface area (Å²) in [5, 5.41) is 9.84. The van der Waals surface area contributed by atoms with E-state index in [-0.39, 0.29) is 30.2 Å². The number of halogens is 2. The molecule has 0 radical (unpaired) electrons. The van der Waals surface area contributed by atoms with Crippen molar-refractivity contribution in [2.24, 2.45) is 5.92 Å². The molecule has 0 bridgehead atoms. The minimum atomic E-state index is -3.60. The number of aliphatic hydroxyl groups excluding tert-OH is 1. The zero-order valence-electron chi connectivity index (χ0n) is 12.1. The highest BCUT2D eigenvalue weighted by molar-refractivity contribution is 7.89. The van der Waals surface area contributed by atoms with Gasteiger partial charge in [-0.05, 0) is 43.4 Å². The summed E-state index contributed by atoms with van der Waals surface area (Å²) in [6.45, 7) is -0.0598. The van der Waals surface area contributed by atoms with Crippen molar-refractivity contribution in [3.8, 4) is 0 Å². The van der Waals surface area contributed by atoms with E-state index >= 15 is 0 Å². The molecular weight excluding hydrogens is 312 g/mol. The Bertz CT molecular complexity index is 661. The van der Waals surface area contributed by atoms with Gasteiger partial charge in [-0.25, -0.2) is 17.2 Å². The van der Waals surface area contributed by atoms with Crippen LogP contribution in [0.5, 0.6) is 0 Å². The summed E-state index contributed by atoms with van der Waals surface area (Å²) in [5.41, 5.74) is -0.00580. The first-order valence-electron chi connectivity index (χ1n) is 7.49. The number of nitrogens with zero attached hydrogens (tertiary/aromatic N) is 1. The minimum Gasteiger partial charge on any atom is -0.392 e. The number of β-amino-alcohol motifs (C(OH)–C–C–N with tert-alkyl or cyclic N) is 1. The van der Waals surface area contributed by atoms with Gasteiger partial charge in [0.15, 0.2) is 0 Å². The second-order valence-corrected chi connectivity index (χ2v) is 8.18. The first-order valence-corrected chi connectivity index (χ1v) is 9.10. The number of aliphatic hydroxyl groups is 1. The standard InChI is InChI=1S/C15H19F2NO3S/c16-11-4-5-14(17)13(6-11)15-7-12(19)8-18(15)22(20,21)9-10-2-1-3-10/h4-6,10,12,15,19H,1-3,7-9H2. The molecule has 1 heterocycles. The molecule has 2 fully saturated rings. The summed E-state index contributed by atoms with van der Waals surface area (Å²) < 4.78 is 53.6. The van der Waals surface area contributed by atoms with Crippen molar-refractivity contribution in [1.82, 2.24) is 4.31 Å². The average molecular weight is 331 g/mol. The lowest BCUT2D eigenvalue weighted by Crippen LogP contribution is -2.37. The fraction of sp³-hybridized carbons (Fsp3) is 0.600. The second kappa shape index (κ2) is 5.86. The van der Waals surface area contributed by atoms with Crippen LogP contribution in [-0.2, 0) is 10.0 Å². The Hall–Kier alpha value is -1.05. The van der Waals surface area contributed by atoms with Crippen LogP contribution in [0.3, 0.4) is 0 Å². The van der Waals surface area contributed by atoms with E-state index in [0.717, 1.165) is 41.8 Å². The lowest BCUT2D eigenvalue weighted by molar-refractivity contribution is 0.188. The van der Waals surface area contributed by atoms with Gasteiger partial charge in [-0.1, -0.05) is 6.42 Å². The van der Waals surface area contributed by atoms with Crippen molar-refractivity contribution in [3.63, 3.8) is 0 Å². The molecule has 1 aromatic carbocycles. The van der Waals surface area contributed by atoms with Gasteiger partial charge in [-0.3, -0.25) is 0 Å². The molecule has 1 aromatic rings. The third-order valence-electron chi connectivity index (χ3n) is 4.58. The molecule has 1 saturated carbocycles. The van der Waals surface area contributed by atoms with Crippen LogP contribution in [0.25, 0.3) is 0 Å². The Morgan fingerprint density at radius 3 is 2.64 bits per heavy atom. The van der Waals surface area contributed by atoms with Crippen LogP contribution in [0.2, 0.25) is 0 Å². The molecule has 1 N–H and O–H groups in total. The van der Waals surface area contributed by atoms with Crippen LogP contribution >= 0.6 is 0 Å². The normalized spacial score (nSPS) is 27.0. The van der Waals surface area contributed by atoms with Gasteiger partial charge in [0.2, 0.25) is 10.0 Å². The monoisotopic (exact) mass is 331 g/mol. The van der Waals surface area contributed by atoms with E-state index in [1.165, 1.54) is 0 Å². The molecule has 1 aliphatic carbocycles. The summed E-state index contributed by atoms with van der Waals surface area (Å²) in [4.78, 5) is 0. The predicted octanol–water partition coefficient (Wildman–Crippen LogP) is 2.20. The Balaban J connectivity index is 1.90. The lowest BCUT2D eigenvalue weighted by atomic mass is 9.87. The molecule has 122 valence electrons. The van der Waals surface area contributed by atoms with Crippen molar-refractivity contribution >= 4 is 10.0 Å². The van der Waals surface area contributed by atoms with Gasteiger partial charge in [0.05, 0.1) is 17.9 Å². The summed E-state index contributed by atoms with van der Waals surface area (Å²) in [6.07, 6.45) is 2.03. The first kappa shape index (κ1) is 15.8. The van der Waals surface area contributed by atoms with Crippen molar-refractivity contribution < 1.29 is 22.3 Å². The SMILES string of the molecule is O=S(=O)(CC1CCC1)N1CC(O)CC1c1cc(F)ccc1F. The Morgan fingerprint density at radius 2 is 2.00 bits per heavy atom. The minimum absolute atomic E-state index is 0.00580.